The normalized spacial score (nSPS) is 12.8. The van der Waals surface area contributed by atoms with Gasteiger partial charge in [-0.2, -0.15) is 0 Å². The second-order valence-electron chi connectivity index (χ2n) is 5.11. The smallest absolute Gasteiger partial charge is 0.305 e. The predicted molar refractivity (Wildman–Crippen MR) is 69.3 cm³/mol. The zero-order valence-electron chi connectivity index (χ0n) is 11.2. The van der Waals surface area contributed by atoms with Crippen molar-refractivity contribution < 1.29 is 19.1 Å². The molecule has 5 heteroatoms. The number of hydrogen-bond acceptors (Lipinski definition) is 2. The monoisotopic (exact) mass is 267 g/mol. The van der Waals surface area contributed by atoms with Crippen molar-refractivity contribution in [2.75, 3.05) is 0 Å². The Morgan fingerprint density at radius 2 is 2.05 bits per heavy atom. The van der Waals surface area contributed by atoms with Crippen LogP contribution in [-0.4, -0.2) is 23.0 Å². The number of carbonyl (C=O) groups excluding carboxylic acids is 1. The Labute approximate surface area is 111 Å². The molecule has 0 aliphatic rings. The molecule has 2 N–H and O–H groups in total. The number of carboxylic acid groups (broad SMARTS) is 1. The molecule has 1 rings (SSSR count). The average molecular weight is 267 g/mol. The Balaban J connectivity index is 2.82. The third-order valence-corrected chi connectivity index (χ3v) is 2.97. The van der Waals surface area contributed by atoms with E-state index in [1.165, 1.54) is 12.1 Å². The summed E-state index contributed by atoms with van der Waals surface area (Å²) in [6, 6.07) is 5.36. The lowest BCUT2D eigenvalue weighted by atomic mass is 9.83. The minimum atomic E-state index is -0.976. The van der Waals surface area contributed by atoms with E-state index in [9.17, 15) is 14.0 Å². The van der Waals surface area contributed by atoms with Crippen molar-refractivity contribution in [3.63, 3.8) is 0 Å². The summed E-state index contributed by atoms with van der Waals surface area (Å²) in [5, 5.41) is 11.3. The van der Waals surface area contributed by atoms with Gasteiger partial charge in [0.1, 0.15) is 5.82 Å². The first-order valence-electron chi connectivity index (χ1n) is 6.02. The van der Waals surface area contributed by atoms with Crippen LogP contribution in [0.3, 0.4) is 0 Å². The molecule has 0 aliphatic heterocycles. The van der Waals surface area contributed by atoms with E-state index in [4.69, 9.17) is 5.11 Å². The van der Waals surface area contributed by atoms with Gasteiger partial charge in [-0.05, 0) is 38.5 Å². The standard InChI is InChI=1S/C14H18FNO3/c1-9(7-12(17)18)16-13(19)14(2,3)10-5-4-6-11(15)8-10/h4-6,8-9H,7H2,1-3H3,(H,16,19)(H,17,18). The summed E-state index contributed by atoms with van der Waals surface area (Å²) in [5.74, 6) is -1.71. The summed E-state index contributed by atoms with van der Waals surface area (Å²) >= 11 is 0. The molecule has 0 saturated heterocycles. The Bertz CT molecular complexity index is 485. The highest BCUT2D eigenvalue weighted by Gasteiger charge is 2.31. The molecule has 4 nitrogen and oxygen atoms in total. The second kappa shape index (κ2) is 5.82. The lowest BCUT2D eigenvalue weighted by molar-refractivity contribution is -0.137. The van der Waals surface area contributed by atoms with Gasteiger partial charge < -0.3 is 10.4 Å². The van der Waals surface area contributed by atoms with Gasteiger partial charge in [0.25, 0.3) is 0 Å². The van der Waals surface area contributed by atoms with E-state index in [0.717, 1.165) is 0 Å². The molecule has 1 unspecified atom stereocenters. The van der Waals surface area contributed by atoms with E-state index in [-0.39, 0.29) is 12.3 Å². The van der Waals surface area contributed by atoms with Crippen LogP contribution in [0.25, 0.3) is 0 Å². The van der Waals surface area contributed by atoms with Gasteiger partial charge in [0.15, 0.2) is 0 Å². The highest BCUT2D eigenvalue weighted by atomic mass is 19.1. The van der Waals surface area contributed by atoms with Crippen LogP contribution >= 0.6 is 0 Å². The van der Waals surface area contributed by atoms with Gasteiger partial charge in [0.05, 0.1) is 11.8 Å². The van der Waals surface area contributed by atoms with Gasteiger partial charge in [0, 0.05) is 6.04 Å². The summed E-state index contributed by atoms with van der Waals surface area (Å²) in [6.07, 6.45) is -0.148. The Morgan fingerprint density at radius 3 is 2.58 bits per heavy atom. The number of nitrogens with one attached hydrogen (secondary N) is 1. The molecule has 1 amide bonds. The third-order valence-electron chi connectivity index (χ3n) is 2.97. The van der Waals surface area contributed by atoms with Crippen molar-refractivity contribution in [3.8, 4) is 0 Å². The van der Waals surface area contributed by atoms with Crippen LogP contribution in [0.4, 0.5) is 4.39 Å². The minimum Gasteiger partial charge on any atom is -0.481 e. The van der Waals surface area contributed by atoms with E-state index >= 15 is 0 Å². The fraction of sp³-hybridized carbons (Fsp3) is 0.429. The SMILES string of the molecule is CC(CC(=O)O)NC(=O)C(C)(C)c1cccc(F)c1. The van der Waals surface area contributed by atoms with E-state index in [2.05, 4.69) is 5.32 Å². The topological polar surface area (TPSA) is 66.4 Å². The molecule has 0 saturated carbocycles. The van der Waals surface area contributed by atoms with Gasteiger partial charge in [-0.3, -0.25) is 9.59 Å². The van der Waals surface area contributed by atoms with Gasteiger partial charge in [-0.15, -0.1) is 0 Å². The molecule has 104 valence electrons. The van der Waals surface area contributed by atoms with E-state index in [0.29, 0.717) is 5.56 Å². The molecular weight excluding hydrogens is 249 g/mol. The van der Waals surface area contributed by atoms with Crippen LogP contribution in [0.1, 0.15) is 32.8 Å². The number of halogens is 1. The zero-order valence-corrected chi connectivity index (χ0v) is 11.2. The first-order valence-corrected chi connectivity index (χ1v) is 6.02. The van der Waals surface area contributed by atoms with Crippen molar-refractivity contribution in [2.45, 2.75) is 38.6 Å². The fourth-order valence-corrected chi connectivity index (χ4v) is 1.73. The third kappa shape index (κ3) is 4.05. The fourth-order valence-electron chi connectivity index (χ4n) is 1.73. The van der Waals surface area contributed by atoms with E-state index < -0.39 is 23.2 Å². The maximum atomic E-state index is 13.2. The molecular formula is C14H18FNO3. The van der Waals surface area contributed by atoms with Gasteiger partial charge in [-0.1, -0.05) is 12.1 Å². The van der Waals surface area contributed by atoms with Crippen LogP contribution in [0.5, 0.6) is 0 Å². The molecule has 0 aliphatic carbocycles. The van der Waals surface area contributed by atoms with Crippen molar-refractivity contribution in [1.29, 1.82) is 0 Å². The molecule has 1 aromatic rings. The number of amides is 1. The number of rotatable bonds is 5. The molecule has 1 atom stereocenters. The number of benzene rings is 1. The van der Waals surface area contributed by atoms with Crippen LogP contribution in [0.2, 0.25) is 0 Å². The summed E-state index contributed by atoms with van der Waals surface area (Å²) in [5.41, 5.74) is -0.373. The highest BCUT2D eigenvalue weighted by molar-refractivity contribution is 5.87. The molecule has 0 aromatic heterocycles. The maximum absolute atomic E-state index is 13.2. The van der Waals surface area contributed by atoms with Crippen LogP contribution in [0, 0.1) is 5.82 Å². The van der Waals surface area contributed by atoms with Gasteiger partial charge >= 0.3 is 5.97 Å². The Morgan fingerprint density at radius 1 is 1.42 bits per heavy atom. The summed E-state index contributed by atoms with van der Waals surface area (Å²) in [6.45, 7) is 4.96. The first-order chi connectivity index (χ1) is 8.73. The van der Waals surface area contributed by atoms with Crippen molar-refractivity contribution >= 4 is 11.9 Å². The van der Waals surface area contributed by atoms with Crippen LogP contribution in [-0.2, 0) is 15.0 Å². The minimum absolute atomic E-state index is 0.148. The van der Waals surface area contributed by atoms with Crippen LogP contribution < -0.4 is 5.32 Å². The molecule has 0 bridgehead atoms. The lowest BCUT2D eigenvalue weighted by Crippen LogP contribution is -2.44. The van der Waals surface area contributed by atoms with Gasteiger partial charge in [0.2, 0.25) is 5.91 Å². The molecule has 0 radical (unpaired) electrons. The van der Waals surface area contributed by atoms with Crippen LogP contribution in [0.15, 0.2) is 24.3 Å². The summed E-state index contributed by atoms with van der Waals surface area (Å²) in [7, 11) is 0. The summed E-state index contributed by atoms with van der Waals surface area (Å²) in [4.78, 5) is 22.7. The van der Waals surface area contributed by atoms with E-state index in [1.807, 2.05) is 0 Å². The average Bonchev–Trinajstić information content (AvgIpc) is 2.27. The first kappa shape index (κ1) is 15.1. The lowest BCUT2D eigenvalue weighted by Gasteiger charge is -2.26. The number of hydrogen-bond donors (Lipinski definition) is 2. The van der Waals surface area contributed by atoms with Crippen molar-refractivity contribution in [3.05, 3.63) is 35.6 Å². The molecule has 19 heavy (non-hydrogen) atoms. The summed E-state index contributed by atoms with van der Waals surface area (Å²) < 4.78 is 13.2. The zero-order chi connectivity index (χ0) is 14.6. The highest BCUT2D eigenvalue weighted by Crippen LogP contribution is 2.24. The predicted octanol–water partition coefficient (Wildman–Crippen LogP) is 2.08. The Hall–Kier alpha value is -1.91. The molecule has 0 heterocycles. The molecule has 0 spiro atoms. The number of aliphatic carboxylic acids is 1. The molecule has 0 fully saturated rings. The quantitative estimate of drug-likeness (QED) is 0.858. The number of carbonyl (C=O) groups is 2. The number of carboxylic acids is 1. The van der Waals surface area contributed by atoms with Gasteiger partial charge in [-0.25, -0.2) is 4.39 Å². The Kier molecular flexibility index (Phi) is 4.64. The largest absolute Gasteiger partial charge is 0.481 e. The maximum Gasteiger partial charge on any atom is 0.305 e. The van der Waals surface area contributed by atoms with E-state index in [1.54, 1.807) is 32.9 Å². The van der Waals surface area contributed by atoms with Crippen molar-refractivity contribution in [1.82, 2.24) is 5.32 Å². The molecule has 1 aromatic carbocycles. The van der Waals surface area contributed by atoms with Crippen molar-refractivity contribution in [2.24, 2.45) is 0 Å². The second-order valence-corrected chi connectivity index (χ2v) is 5.11.